The summed E-state index contributed by atoms with van der Waals surface area (Å²) in [5.74, 6) is -1.47. The molecule has 1 heterocycles. The van der Waals surface area contributed by atoms with Gasteiger partial charge in [-0.05, 0) is 35.6 Å². The second-order valence-corrected chi connectivity index (χ2v) is 8.80. The molecule has 2 aromatic carbocycles. The van der Waals surface area contributed by atoms with E-state index >= 15 is 0 Å². The third-order valence-electron chi connectivity index (χ3n) is 6.44. The summed E-state index contributed by atoms with van der Waals surface area (Å²) < 4.78 is 10.9. The van der Waals surface area contributed by atoms with E-state index in [1.54, 1.807) is 12.0 Å². The number of hydrogen-bond donors (Lipinski definition) is 2. The van der Waals surface area contributed by atoms with Crippen LogP contribution in [-0.4, -0.2) is 66.4 Å². The molecule has 2 amide bonds. The highest BCUT2D eigenvalue weighted by Gasteiger charge is 2.43. The van der Waals surface area contributed by atoms with Gasteiger partial charge in [0.05, 0.1) is 18.7 Å². The van der Waals surface area contributed by atoms with Gasteiger partial charge < -0.3 is 24.8 Å². The van der Waals surface area contributed by atoms with Crippen molar-refractivity contribution < 1.29 is 29.0 Å². The summed E-state index contributed by atoms with van der Waals surface area (Å²) in [5, 5.41) is 11.6. The van der Waals surface area contributed by atoms with Gasteiger partial charge in [0.1, 0.15) is 12.6 Å². The van der Waals surface area contributed by atoms with Gasteiger partial charge in [-0.25, -0.2) is 4.79 Å². The minimum Gasteiger partial charge on any atom is -0.481 e. The number of ether oxygens (including phenoxy) is 2. The maximum atomic E-state index is 12.9. The Morgan fingerprint density at radius 3 is 2.21 bits per heavy atom. The maximum Gasteiger partial charge on any atom is 0.407 e. The Bertz CT molecular complexity index is 1020. The Morgan fingerprint density at radius 2 is 1.67 bits per heavy atom. The predicted molar refractivity (Wildman–Crippen MR) is 121 cm³/mol. The lowest BCUT2D eigenvalue weighted by Crippen LogP contribution is -2.65. The van der Waals surface area contributed by atoms with Crippen molar-refractivity contribution in [2.45, 2.75) is 37.3 Å². The number of methoxy groups -OCH3 is 1. The Kier molecular flexibility index (Phi) is 6.37. The van der Waals surface area contributed by atoms with Crippen LogP contribution < -0.4 is 5.32 Å². The van der Waals surface area contributed by atoms with Crippen molar-refractivity contribution in [3.63, 3.8) is 0 Å². The van der Waals surface area contributed by atoms with E-state index in [2.05, 4.69) is 17.4 Å². The van der Waals surface area contributed by atoms with Crippen LogP contribution in [0.3, 0.4) is 0 Å². The van der Waals surface area contributed by atoms with Crippen LogP contribution in [0.15, 0.2) is 48.5 Å². The van der Waals surface area contributed by atoms with Crippen LogP contribution in [0.25, 0.3) is 11.1 Å². The number of amides is 2. The molecule has 1 unspecified atom stereocenters. The van der Waals surface area contributed by atoms with Crippen LogP contribution in [-0.2, 0) is 19.1 Å². The number of nitrogens with zero attached hydrogens (tertiary/aromatic N) is 1. The van der Waals surface area contributed by atoms with Gasteiger partial charge in [0.25, 0.3) is 0 Å². The van der Waals surface area contributed by atoms with Crippen LogP contribution in [0.4, 0.5) is 4.79 Å². The number of carbonyl (C=O) groups is 3. The quantitative estimate of drug-likeness (QED) is 0.638. The first kappa shape index (κ1) is 22.8. The summed E-state index contributed by atoms with van der Waals surface area (Å²) in [6, 6.07) is 15.1. The topological polar surface area (TPSA) is 105 Å². The number of carbonyl (C=O) groups excluding carboxylic acids is 2. The zero-order valence-electron chi connectivity index (χ0n) is 18.7. The van der Waals surface area contributed by atoms with Gasteiger partial charge >= 0.3 is 12.1 Å². The number of alkyl carbamates (subject to hydrolysis) is 1. The van der Waals surface area contributed by atoms with E-state index in [1.807, 2.05) is 43.3 Å². The monoisotopic (exact) mass is 452 g/mol. The second kappa shape index (κ2) is 9.23. The van der Waals surface area contributed by atoms with E-state index in [4.69, 9.17) is 14.6 Å². The number of hydrogen-bond acceptors (Lipinski definition) is 5. The summed E-state index contributed by atoms with van der Waals surface area (Å²) in [6.07, 6.45) is -0.996. The summed E-state index contributed by atoms with van der Waals surface area (Å²) in [5.41, 5.74) is 4.00. The SMILES string of the molecule is COC1(C)CN(C(=O)C(CCC(=O)O)NC(=O)OCC2c3ccccc3-c3ccccc32)C1. The minimum atomic E-state index is -1.03. The first-order valence-electron chi connectivity index (χ1n) is 11.0. The molecule has 1 fully saturated rings. The standard InChI is InChI=1S/C25H28N2O6/c1-25(32-2)14-27(15-25)23(30)21(11-12-22(28)29)26-24(31)33-13-20-18-9-5-3-7-16(18)17-8-4-6-10-19(17)20/h3-10,20-21H,11-15H2,1-2H3,(H,26,31)(H,28,29). The van der Waals surface area contributed by atoms with E-state index in [0.29, 0.717) is 13.1 Å². The smallest absolute Gasteiger partial charge is 0.407 e. The number of aliphatic carboxylic acids is 1. The maximum absolute atomic E-state index is 12.9. The molecule has 1 aliphatic carbocycles. The van der Waals surface area contributed by atoms with Gasteiger partial charge in [0, 0.05) is 19.4 Å². The Morgan fingerprint density at radius 1 is 1.09 bits per heavy atom. The molecular formula is C25H28N2O6. The van der Waals surface area contributed by atoms with E-state index in [0.717, 1.165) is 22.3 Å². The first-order valence-corrected chi connectivity index (χ1v) is 11.0. The molecule has 2 aromatic rings. The largest absolute Gasteiger partial charge is 0.481 e. The average Bonchev–Trinajstić information content (AvgIpc) is 3.11. The molecule has 1 saturated heterocycles. The molecule has 8 heteroatoms. The zero-order chi connectivity index (χ0) is 23.6. The molecule has 8 nitrogen and oxygen atoms in total. The molecule has 1 aliphatic heterocycles. The lowest BCUT2D eigenvalue weighted by molar-refractivity contribution is -0.160. The number of likely N-dealkylation sites (tertiary alicyclic amines) is 1. The van der Waals surface area contributed by atoms with Crippen LogP contribution >= 0.6 is 0 Å². The lowest BCUT2D eigenvalue weighted by atomic mass is 9.95. The van der Waals surface area contributed by atoms with Crippen molar-refractivity contribution >= 4 is 18.0 Å². The van der Waals surface area contributed by atoms with Crippen LogP contribution in [0.2, 0.25) is 0 Å². The molecule has 0 bridgehead atoms. The molecule has 0 saturated carbocycles. The van der Waals surface area contributed by atoms with Crippen molar-refractivity contribution in [2.24, 2.45) is 0 Å². The predicted octanol–water partition coefficient (Wildman–Crippen LogP) is 3.01. The molecule has 1 atom stereocenters. The number of carboxylic acids is 1. The Balaban J connectivity index is 1.40. The van der Waals surface area contributed by atoms with Crippen molar-refractivity contribution in [3.05, 3.63) is 59.7 Å². The average molecular weight is 453 g/mol. The third-order valence-corrected chi connectivity index (χ3v) is 6.44. The molecule has 0 radical (unpaired) electrons. The number of fused-ring (bicyclic) bond motifs is 3. The van der Waals surface area contributed by atoms with E-state index in [-0.39, 0.29) is 31.3 Å². The third kappa shape index (κ3) is 4.71. The van der Waals surface area contributed by atoms with Crippen molar-refractivity contribution in [1.82, 2.24) is 10.2 Å². The molecular weight excluding hydrogens is 424 g/mol. The fraction of sp³-hybridized carbons (Fsp3) is 0.400. The summed E-state index contributed by atoms with van der Waals surface area (Å²) in [4.78, 5) is 38.1. The summed E-state index contributed by atoms with van der Waals surface area (Å²) >= 11 is 0. The molecule has 0 aromatic heterocycles. The minimum absolute atomic E-state index is 0.0153. The van der Waals surface area contributed by atoms with Crippen molar-refractivity contribution in [1.29, 1.82) is 0 Å². The van der Waals surface area contributed by atoms with E-state index in [1.165, 1.54) is 0 Å². The summed E-state index contributed by atoms with van der Waals surface area (Å²) in [6.45, 7) is 2.78. The number of nitrogens with one attached hydrogen (secondary N) is 1. The van der Waals surface area contributed by atoms with Gasteiger partial charge in [-0.3, -0.25) is 9.59 Å². The second-order valence-electron chi connectivity index (χ2n) is 8.80. The lowest BCUT2D eigenvalue weighted by Gasteiger charge is -2.47. The van der Waals surface area contributed by atoms with Crippen LogP contribution in [0, 0.1) is 0 Å². The highest BCUT2D eigenvalue weighted by atomic mass is 16.5. The Hall–Kier alpha value is -3.39. The van der Waals surface area contributed by atoms with Gasteiger partial charge in [0.2, 0.25) is 5.91 Å². The molecule has 33 heavy (non-hydrogen) atoms. The number of benzene rings is 2. The van der Waals surface area contributed by atoms with E-state index in [9.17, 15) is 14.4 Å². The Labute approximate surface area is 192 Å². The van der Waals surface area contributed by atoms with Gasteiger partial charge in [-0.1, -0.05) is 48.5 Å². The number of carboxylic acid groups (broad SMARTS) is 1. The van der Waals surface area contributed by atoms with Gasteiger partial charge in [-0.15, -0.1) is 0 Å². The molecule has 174 valence electrons. The van der Waals surface area contributed by atoms with Crippen molar-refractivity contribution in [3.8, 4) is 11.1 Å². The highest BCUT2D eigenvalue weighted by Crippen LogP contribution is 2.44. The van der Waals surface area contributed by atoms with E-state index < -0.39 is 23.7 Å². The fourth-order valence-corrected chi connectivity index (χ4v) is 4.57. The molecule has 0 spiro atoms. The zero-order valence-corrected chi connectivity index (χ0v) is 18.7. The normalized spacial score (nSPS) is 16.8. The van der Waals surface area contributed by atoms with Gasteiger partial charge in [-0.2, -0.15) is 0 Å². The fourth-order valence-electron chi connectivity index (χ4n) is 4.57. The molecule has 4 rings (SSSR count). The van der Waals surface area contributed by atoms with Crippen LogP contribution in [0.1, 0.15) is 36.8 Å². The summed E-state index contributed by atoms with van der Waals surface area (Å²) in [7, 11) is 1.58. The first-order chi connectivity index (χ1) is 15.8. The molecule has 2 N–H and O–H groups in total. The van der Waals surface area contributed by atoms with Crippen molar-refractivity contribution in [2.75, 3.05) is 26.8 Å². The van der Waals surface area contributed by atoms with Gasteiger partial charge in [0.15, 0.2) is 0 Å². The molecule has 2 aliphatic rings. The number of rotatable bonds is 8. The highest BCUT2D eigenvalue weighted by molar-refractivity contribution is 5.87. The van der Waals surface area contributed by atoms with Crippen LogP contribution in [0.5, 0.6) is 0 Å².